The van der Waals surface area contributed by atoms with Gasteiger partial charge in [0.15, 0.2) is 12.1 Å². The van der Waals surface area contributed by atoms with Crippen LogP contribution in [0.2, 0.25) is 0 Å². The number of ether oxygens (including phenoxy) is 1. The molecule has 1 aromatic rings. The Kier molecular flexibility index (Phi) is 4.59. The smallest absolute Gasteiger partial charge is 0.332 e. The highest BCUT2D eigenvalue weighted by Gasteiger charge is 2.59. The number of imide groups is 1. The quantitative estimate of drug-likeness (QED) is 0.270. The number of hydrogen-bond donors (Lipinski definition) is 1. The summed E-state index contributed by atoms with van der Waals surface area (Å²) in [5.41, 5.74) is 0.745. The lowest BCUT2D eigenvalue weighted by molar-refractivity contribution is -0.163. The summed E-state index contributed by atoms with van der Waals surface area (Å²) < 4.78 is 14.4. The van der Waals surface area contributed by atoms with E-state index in [-0.39, 0.29) is 23.2 Å². The summed E-state index contributed by atoms with van der Waals surface area (Å²) in [7, 11) is 1.17. The van der Waals surface area contributed by atoms with E-state index in [0.29, 0.717) is 5.57 Å². The Balaban J connectivity index is 1.93. The zero-order valence-electron chi connectivity index (χ0n) is 14.0. The van der Waals surface area contributed by atoms with Crippen LogP contribution in [-0.2, 0) is 14.3 Å². The number of hydrogen-bond acceptors (Lipinski definition) is 7. The van der Waals surface area contributed by atoms with Gasteiger partial charge in [0.05, 0.1) is 18.2 Å². The number of β-lactam (4-membered cyclic amide) rings is 1. The zero-order chi connectivity index (χ0) is 19.2. The summed E-state index contributed by atoms with van der Waals surface area (Å²) >= 11 is 0.285. The zero-order valence-corrected chi connectivity index (χ0v) is 14.9. The van der Waals surface area contributed by atoms with Gasteiger partial charge >= 0.3 is 5.97 Å². The molecule has 3 amide bonds. The number of nitrogens with zero attached hydrogens (tertiary/aromatic N) is 2. The van der Waals surface area contributed by atoms with Gasteiger partial charge < -0.3 is 14.2 Å². The Hall–Kier alpha value is -2.65. The van der Waals surface area contributed by atoms with Crippen LogP contribution in [0.5, 0.6) is 0 Å². The predicted molar refractivity (Wildman–Crippen MR) is 92.2 cm³/mol. The molecule has 2 heterocycles. The molecule has 0 aliphatic carbocycles. The molecule has 0 radical (unpaired) electrons. The van der Waals surface area contributed by atoms with Gasteiger partial charge in [0, 0.05) is 12.0 Å². The highest BCUT2D eigenvalue weighted by atomic mass is 32.2. The molecule has 2 aliphatic rings. The summed E-state index contributed by atoms with van der Waals surface area (Å²) in [6, 6.07) is 3.93. The number of benzene rings is 1. The van der Waals surface area contributed by atoms with Crippen molar-refractivity contribution in [3.63, 3.8) is 0 Å². The molecule has 3 rings (SSSR count). The molecule has 9 heteroatoms. The van der Waals surface area contributed by atoms with Gasteiger partial charge in [-0.2, -0.15) is 0 Å². The van der Waals surface area contributed by atoms with Crippen LogP contribution in [0.25, 0.3) is 0 Å². The van der Waals surface area contributed by atoms with Crippen LogP contribution in [0.15, 0.2) is 36.4 Å². The fraction of sp³-hybridized carbons (Fsp3) is 0.294. The molecule has 1 saturated heterocycles. The highest BCUT2D eigenvalue weighted by molar-refractivity contribution is 7.94. The van der Waals surface area contributed by atoms with Crippen LogP contribution in [0.1, 0.15) is 27.6 Å². The number of esters is 1. The average Bonchev–Trinajstić information content (AvgIpc) is 2.87. The lowest BCUT2D eigenvalue weighted by Gasteiger charge is -2.50. The summed E-state index contributed by atoms with van der Waals surface area (Å²) in [6.07, 6.45) is 0. The Morgan fingerprint density at radius 3 is 2.19 bits per heavy atom. The van der Waals surface area contributed by atoms with E-state index in [4.69, 9.17) is 4.74 Å². The largest absolute Gasteiger partial charge is 0.467 e. The second-order valence-electron chi connectivity index (χ2n) is 5.98. The summed E-state index contributed by atoms with van der Waals surface area (Å²) in [4.78, 5) is 51.8. The molecular weight excluding hydrogens is 360 g/mol. The van der Waals surface area contributed by atoms with Gasteiger partial charge in [-0.05, 0) is 24.6 Å². The van der Waals surface area contributed by atoms with Crippen molar-refractivity contribution in [3.8, 4) is 0 Å². The van der Waals surface area contributed by atoms with Crippen molar-refractivity contribution in [2.45, 2.75) is 24.4 Å². The van der Waals surface area contributed by atoms with Crippen molar-refractivity contribution >= 4 is 35.7 Å². The monoisotopic (exact) mass is 376 g/mol. The van der Waals surface area contributed by atoms with Crippen molar-refractivity contribution in [2.24, 2.45) is 0 Å². The number of methoxy groups -OCH3 is 1. The first-order valence-corrected chi connectivity index (χ1v) is 8.51. The van der Waals surface area contributed by atoms with E-state index < -0.39 is 41.1 Å². The third-order valence-electron chi connectivity index (χ3n) is 4.43. The molecule has 1 N–H and O–H groups in total. The number of fused-ring (bicyclic) bond motifs is 1. The minimum Gasteiger partial charge on any atom is -0.467 e. The lowest BCUT2D eigenvalue weighted by Crippen LogP contribution is -2.73. The fourth-order valence-corrected chi connectivity index (χ4v) is 3.90. The maximum absolute atomic E-state index is 12.7. The fourth-order valence-electron chi connectivity index (χ4n) is 3.21. The van der Waals surface area contributed by atoms with Crippen molar-refractivity contribution in [1.29, 1.82) is 0 Å². The van der Waals surface area contributed by atoms with Crippen LogP contribution in [0.3, 0.4) is 0 Å². The molecule has 8 nitrogen and oxygen atoms in total. The normalized spacial score (nSPS) is 22.8. The maximum atomic E-state index is 12.7. The van der Waals surface area contributed by atoms with Gasteiger partial charge in [-0.15, -0.1) is 0 Å². The molecule has 1 fully saturated rings. The van der Waals surface area contributed by atoms with E-state index in [2.05, 4.69) is 6.58 Å². The molecule has 0 unspecified atom stereocenters. The van der Waals surface area contributed by atoms with Crippen LogP contribution in [0, 0.1) is 0 Å². The summed E-state index contributed by atoms with van der Waals surface area (Å²) in [5.74, 6) is -2.56. The van der Waals surface area contributed by atoms with Gasteiger partial charge in [-0.25, -0.2) is 4.79 Å². The lowest BCUT2D eigenvalue weighted by atomic mass is 9.98. The van der Waals surface area contributed by atoms with Gasteiger partial charge in [0.25, 0.3) is 17.7 Å². The van der Waals surface area contributed by atoms with Crippen LogP contribution in [-0.4, -0.2) is 62.6 Å². The first-order valence-electron chi connectivity index (χ1n) is 7.67. The van der Waals surface area contributed by atoms with Crippen molar-refractivity contribution in [2.75, 3.05) is 7.11 Å². The maximum Gasteiger partial charge on any atom is 0.332 e. The minimum atomic E-state index is -1.20. The average molecular weight is 376 g/mol. The first kappa shape index (κ1) is 18.2. The van der Waals surface area contributed by atoms with E-state index >= 15 is 0 Å². The van der Waals surface area contributed by atoms with Crippen LogP contribution >= 0.6 is 12.0 Å². The third kappa shape index (κ3) is 2.43. The predicted octanol–water partition coefficient (Wildman–Crippen LogP) is 1.14. The van der Waals surface area contributed by atoms with Gasteiger partial charge in [0.2, 0.25) is 0 Å². The SMILES string of the molecule is C=C(C)[C@H](C(=O)OC)N1C(=O)[C@H](N2C(=O)c3ccccc3C2=O)[C@@H]1SO. The van der Waals surface area contributed by atoms with E-state index in [9.17, 15) is 23.7 Å². The topological polar surface area (TPSA) is 104 Å². The van der Waals surface area contributed by atoms with E-state index in [1.165, 1.54) is 19.2 Å². The van der Waals surface area contributed by atoms with Crippen molar-refractivity contribution < 1.29 is 28.5 Å². The van der Waals surface area contributed by atoms with Gasteiger partial charge in [0.1, 0.15) is 5.37 Å². The van der Waals surface area contributed by atoms with E-state index in [1.54, 1.807) is 19.1 Å². The van der Waals surface area contributed by atoms with Crippen LogP contribution in [0.4, 0.5) is 0 Å². The molecule has 136 valence electrons. The molecule has 1 aromatic carbocycles. The number of rotatable bonds is 5. The van der Waals surface area contributed by atoms with E-state index in [1.807, 2.05) is 0 Å². The van der Waals surface area contributed by atoms with Crippen molar-refractivity contribution in [1.82, 2.24) is 9.80 Å². The highest BCUT2D eigenvalue weighted by Crippen LogP contribution is 2.39. The number of likely N-dealkylation sites (tertiary alicyclic amines) is 1. The molecule has 0 saturated carbocycles. The van der Waals surface area contributed by atoms with Crippen LogP contribution < -0.4 is 0 Å². The number of carbonyl (C=O) groups excluding carboxylic acids is 4. The Morgan fingerprint density at radius 1 is 1.23 bits per heavy atom. The van der Waals surface area contributed by atoms with Gasteiger partial charge in [-0.3, -0.25) is 19.3 Å². The summed E-state index contributed by atoms with van der Waals surface area (Å²) in [5, 5.41) is -0.995. The van der Waals surface area contributed by atoms with Crippen molar-refractivity contribution in [3.05, 3.63) is 47.5 Å². The molecule has 0 spiro atoms. The number of amides is 3. The summed E-state index contributed by atoms with van der Waals surface area (Å²) in [6.45, 7) is 5.23. The molecule has 26 heavy (non-hydrogen) atoms. The Morgan fingerprint density at radius 2 is 1.77 bits per heavy atom. The molecule has 2 aliphatic heterocycles. The molecule has 3 atom stereocenters. The molecule has 0 aromatic heterocycles. The van der Waals surface area contributed by atoms with Gasteiger partial charge in [-0.1, -0.05) is 18.7 Å². The molecular formula is C17H16N2O6S. The second-order valence-corrected chi connectivity index (χ2v) is 6.68. The third-order valence-corrected chi connectivity index (χ3v) is 5.13. The Bertz CT molecular complexity index is 803. The standard InChI is InChI=1S/C17H16N2O6S/c1-8(2)11(17(23)25-3)19-15(22)12(16(19)26-24)18-13(20)9-6-4-5-7-10(9)14(18)21/h4-7,11-12,16,24H,1H2,2-3H3/t11-,12+,16+/m1/s1. The Labute approximate surface area is 153 Å². The van der Waals surface area contributed by atoms with E-state index in [0.717, 1.165) is 9.80 Å². The number of carbonyl (C=O) groups is 4. The molecule has 0 bridgehead atoms. The second kappa shape index (κ2) is 6.58. The minimum absolute atomic E-state index is 0.204. The first-order chi connectivity index (χ1) is 12.3.